The molecule has 172 valence electrons. The SMILES string of the molecule is CC.CCCCCCCCCCN1CN(CCc2ccc3ccccc3c2)C(Cl)=C1Cl. The van der Waals surface area contributed by atoms with E-state index in [1.54, 1.807) is 0 Å². The quantitative estimate of drug-likeness (QED) is 0.229. The van der Waals surface area contributed by atoms with Gasteiger partial charge < -0.3 is 9.80 Å². The molecule has 0 aromatic heterocycles. The summed E-state index contributed by atoms with van der Waals surface area (Å²) in [6.07, 6.45) is 11.6. The van der Waals surface area contributed by atoms with E-state index < -0.39 is 0 Å². The summed E-state index contributed by atoms with van der Waals surface area (Å²) in [6, 6.07) is 15.2. The van der Waals surface area contributed by atoms with Crippen LogP contribution in [0.1, 0.15) is 77.7 Å². The second-order valence-electron chi connectivity index (χ2n) is 8.16. The largest absolute Gasteiger partial charge is 0.342 e. The van der Waals surface area contributed by atoms with Crippen molar-refractivity contribution in [2.24, 2.45) is 0 Å². The lowest BCUT2D eigenvalue weighted by Gasteiger charge is -2.22. The van der Waals surface area contributed by atoms with Crippen LogP contribution in [0.2, 0.25) is 0 Å². The van der Waals surface area contributed by atoms with Crippen molar-refractivity contribution >= 4 is 34.0 Å². The summed E-state index contributed by atoms with van der Waals surface area (Å²) in [7, 11) is 0. The fourth-order valence-corrected chi connectivity index (χ4v) is 4.54. The number of benzene rings is 2. The molecule has 0 saturated heterocycles. The van der Waals surface area contributed by atoms with Crippen molar-refractivity contribution in [2.75, 3.05) is 19.8 Å². The number of halogens is 2. The molecule has 1 aliphatic rings. The predicted molar refractivity (Wildman–Crippen MR) is 139 cm³/mol. The Kier molecular flexibility index (Phi) is 12.2. The second kappa shape index (κ2) is 14.6. The number of hydrogen-bond donors (Lipinski definition) is 0. The summed E-state index contributed by atoms with van der Waals surface area (Å²) in [6.45, 7) is 8.96. The molecular weight excluding hydrogens is 423 g/mol. The minimum atomic E-state index is 0.701. The molecule has 2 nitrogen and oxygen atoms in total. The van der Waals surface area contributed by atoms with Gasteiger partial charge >= 0.3 is 0 Å². The van der Waals surface area contributed by atoms with E-state index in [0.717, 1.165) is 26.2 Å². The zero-order chi connectivity index (χ0) is 22.5. The molecule has 1 heterocycles. The summed E-state index contributed by atoms with van der Waals surface area (Å²) in [5, 5.41) is 4.00. The van der Waals surface area contributed by atoms with Crippen molar-refractivity contribution in [2.45, 2.75) is 78.6 Å². The van der Waals surface area contributed by atoms with E-state index in [0.29, 0.717) is 10.3 Å². The van der Waals surface area contributed by atoms with E-state index in [-0.39, 0.29) is 0 Å². The molecule has 31 heavy (non-hydrogen) atoms. The van der Waals surface area contributed by atoms with Crippen molar-refractivity contribution in [3.63, 3.8) is 0 Å². The Morgan fingerprint density at radius 1 is 0.710 bits per heavy atom. The highest BCUT2D eigenvalue weighted by molar-refractivity contribution is 6.38. The lowest BCUT2D eigenvalue weighted by atomic mass is 10.1. The standard InChI is InChI=1S/C25H34Cl2N2.C2H6/c1-2-3-4-5-6-7-8-11-17-28-20-29(25(27)24(28)26)18-16-21-14-15-22-12-9-10-13-23(22)19-21;1-2/h9-10,12-15,19H,2-8,11,16-18,20H2,1H3;1-2H3. The van der Waals surface area contributed by atoms with E-state index in [9.17, 15) is 0 Å². The highest BCUT2D eigenvalue weighted by Crippen LogP contribution is 2.30. The Hall–Kier alpha value is -1.38. The van der Waals surface area contributed by atoms with Gasteiger partial charge in [0.05, 0.1) is 6.67 Å². The van der Waals surface area contributed by atoms with Crippen LogP contribution in [-0.2, 0) is 6.42 Å². The Bertz CT molecular complexity index is 803. The van der Waals surface area contributed by atoms with Crippen LogP contribution in [0.25, 0.3) is 10.8 Å². The molecule has 0 N–H and O–H groups in total. The summed E-state index contributed by atoms with van der Waals surface area (Å²) in [4.78, 5) is 4.42. The first-order chi connectivity index (χ1) is 15.2. The van der Waals surface area contributed by atoms with Gasteiger partial charge in [0, 0.05) is 13.1 Å². The Labute approximate surface area is 200 Å². The molecule has 3 rings (SSSR count). The first kappa shape index (κ1) is 25.9. The molecule has 0 saturated carbocycles. The average molecular weight is 464 g/mol. The summed E-state index contributed by atoms with van der Waals surface area (Å²) in [5.74, 6) is 0. The normalized spacial score (nSPS) is 13.7. The molecule has 1 aliphatic heterocycles. The third kappa shape index (κ3) is 8.24. The zero-order valence-corrected chi connectivity index (χ0v) is 21.2. The summed E-state index contributed by atoms with van der Waals surface area (Å²) in [5.41, 5.74) is 1.34. The Morgan fingerprint density at radius 2 is 1.29 bits per heavy atom. The van der Waals surface area contributed by atoms with Crippen LogP contribution < -0.4 is 0 Å². The van der Waals surface area contributed by atoms with Gasteiger partial charge in [-0.25, -0.2) is 0 Å². The maximum atomic E-state index is 6.53. The highest BCUT2D eigenvalue weighted by atomic mass is 35.5. The van der Waals surface area contributed by atoms with Gasteiger partial charge in [-0.3, -0.25) is 0 Å². The Morgan fingerprint density at radius 3 is 1.97 bits per heavy atom. The van der Waals surface area contributed by atoms with Crippen LogP contribution in [0.4, 0.5) is 0 Å². The van der Waals surface area contributed by atoms with E-state index in [2.05, 4.69) is 59.2 Å². The number of rotatable bonds is 12. The van der Waals surface area contributed by atoms with Crippen LogP contribution in [0.3, 0.4) is 0 Å². The van der Waals surface area contributed by atoms with Crippen molar-refractivity contribution < 1.29 is 0 Å². The molecule has 4 heteroatoms. The zero-order valence-electron chi connectivity index (χ0n) is 19.7. The summed E-state index contributed by atoms with van der Waals surface area (Å²) >= 11 is 13.0. The van der Waals surface area contributed by atoms with E-state index in [4.69, 9.17) is 23.2 Å². The van der Waals surface area contributed by atoms with Crippen LogP contribution >= 0.6 is 23.2 Å². The van der Waals surface area contributed by atoms with Crippen LogP contribution in [0.5, 0.6) is 0 Å². The lowest BCUT2D eigenvalue weighted by Crippen LogP contribution is -2.29. The van der Waals surface area contributed by atoms with Crippen LogP contribution in [0, 0.1) is 0 Å². The van der Waals surface area contributed by atoms with Crippen LogP contribution in [0.15, 0.2) is 52.8 Å². The monoisotopic (exact) mass is 462 g/mol. The average Bonchev–Trinajstić information content (AvgIpc) is 3.08. The molecule has 0 aliphatic carbocycles. The van der Waals surface area contributed by atoms with Gasteiger partial charge in [-0.1, -0.05) is 131 Å². The number of nitrogens with zero attached hydrogens (tertiary/aromatic N) is 2. The molecule has 0 unspecified atom stereocenters. The lowest BCUT2D eigenvalue weighted by molar-refractivity contribution is 0.256. The maximum absolute atomic E-state index is 6.53. The van der Waals surface area contributed by atoms with Crippen molar-refractivity contribution in [3.8, 4) is 0 Å². The van der Waals surface area contributed by atoms with Crippen molar-refractivity contribution in [1.82, 2.24) is 9.80 Å². The highest BCUT2D eigenvalue weighted by Gasteiger charge is 2.25. The van der Waals surface area contributed by atoms with Gasteiger partial charge in [-0.15, -0.1) is 0 Å². The van der Waals surface area contributed by atoms with Gasteiger partial charge in [0.15, 0.2) is 0 Å². The number of unbranched alkanes of at least 4 members (excludes halogenated alkanes) is 7. The molecular formula is C27H40Cl2N2. The third-order valence-electron chi connectivity index (χ3n) is 5.83. The first-order valence-electron chi connectivity index (χ1n) is 12.2. The first-order valence-corrected chi connectivity index (χ1v) is 13.0. The predicted octanol–water partition coefficient (Wildman–Crippen LogP) is 8.73. The molecule has 0 atom stereocenters. The van der Waals surface area contributed by atoms with Gasteiger partial charge in [-0.05, 0) is 29.2 Å². The maximum Gasteiger partial charge on any atom is 0.141 e. The van der Waals surface area contributed by atoms with Gasteiger partial charge in [0.1, 0.15) is 10.3 Å². The molecule has 2 aromatic carbocycles. The fraction of sp³-hybridized carbons (Fsp3) is 0.556. The van der Waals surface area contributed by atoms with E-state index in [1.807, 2.05) is 13.8 Å². The molecule has 0 amide bonds. The minimum Gasteiger partial charge on any atom is -0.342 e. The second-order valence-corrected chi connectivity index (χ2v) is 8.87. The van der Waals surface area contributed by atoms with Gasteiger partial charge in [-0.2, -0.15) is 0 Å². The van der Waals surface area contributed by atoms with Crippen LogP contribution in [-0.4, -0.2) is 29.6 Å². The van der Waals surface area contributed by atoms with Crippen molar-refractivity contribution in [1.29, 1.82) is 0 Å². The molecule has 2 aromatic rings. The van der Waals surface area contributed by atoms with Crippen molar-refractivity contribution in [3.05, 3.63) is 58.3 Å². The number of fused-ring (bicyclic) bond motifs is 1. The molecule has 0 fully saturated rings. The minimum absolute atomic E-state index is 0.701. The molecule has 0 radical (unpaired) electrons. The number of hydrogen-bond acceptors (Lipinski definition) is 2. The van der Waals surface area contributed by atoms with Gasteiger partial charge in [0.25, 0.3) is 0 Å². The van der Waals surface area contributed by atoms with E-state index in [1.165, 1.54) is 67.7 Å². The summed E-state index contributed by atoms with van der Waals surface area (Å²) < 4.78 is 0. The smallest absolute Gasteiger partial charge is 0.141 e. The molecule has 0 spiro atoms. The van der Waals surface area contributed by atoms with E-state index >= 15 is 0 Å². The van der Waals surface area contributed by atoms with Gasteiger partial charge in [0.2, 0.25) is 0 Å². The third-order valence-corrected chi connectivity index (χ3v) is 6.77. The fourth-order valence-electron chi connectivity index (χ4n) is 4.02. The molecule has 0 bridgehead atoms. The topological polar surface area (TPSA) is 6.48 Å². The Balaban J connectivity index is 0.00000166.